The van der Waals surface area contributed by atoms with E-state index in [0.29, 0.717) is 5.69 Å². The molecule has 0 aromatic heterocycles. The van der Waals surface area contributed by atoms with Crippen molar-refractivity contribution in [3.05, 3.63) is 59.2 Å². The normalized spacial score (nSPS) is 11.1. The highest BCUT2D eigenvalue weighted by atomic mass is 32.2. The Morgan fingerprint density at radius 3 is 2.21 bits per heavy atom. The number of benzene rings is 2. The van der Waals surface area contributed by atoms with E-state index in [0.717, 1.165) is 16.7 Å². The van der Waals surface area contributed by atoms with Crippen LogP contribution in [0.5, 0.6) is 0 Å². The van der Waals surface area contributed by atoms with Crippen molar-refractivity contribution in [1.29, 1.82) is 0 Å². The average Bonchev–Trinajstić information content (AvgIpc) is 2.63. The molecule has 150 valence electrons. The number of carbonyl (C=O) groups excluding carboxylic acids is 2. The van der Waals surface area contributed by atoms with Gasteiger partial charge in [-0.1, -0.05) is 23.8 Å². The molecule has 0 saturated carbocycles. The number of rotatable bonds is 7. The number of aryl methyl sites for hydroxylation is 3. The Kier molecular flexibility index (Phi) is 6.93. The maximum absolute atomic E-state index is 12.4. The number of carbonyl (C=O) groups is 2. The van der Waals surface area contributed by atoms with Crippen LogP contribution in [0.4, 0.5) is 5.69 Å². The standard InChI is InChI=1S/C20H25N3O4S/c1-14-5-8-17(9-6-14)22-19(24)13-23(4)20(25)12-21-28(26,27)18-10-7-15(2)16(3)11-18/h5-11,21H,12-13H2,1-4H3,(H,22,24). The van der Waals surface area contributed by atoms with E-state index >= 15 is 0 Å². The highest BCUT2D eigenvalue weighted by Crippen LogP contribution is 2.14. The Morgan fingerprint density at radius 1 is 0.964 bits per heavy atom. The third-order valence-corrected chi connectivity index (χ3v) is 5.74. The number of nitrogens with one attached hydrogen (secondary N) is 2. The lowest BCUT2D eigenvalue weighted by molar-refractivity contribution is -0.132. The van der Waals surface area contributed by atoms with Gasteiger partial charge in [0.2, 0.25) is 21.8 Å². The summed E-state index contributed by atoms with van der Waals surface area (Å²) >= 11 is 0. The maximum Gasteiger partial charge on any atom is 0.243 e. The van der Waals surface area contributed by atoms with Crippen molar-refractivity contribution < 1.29 is 18.0 Å². The van der Waals surface area contributed by atoms with Crippen molar-refractivity contribution in [2.45, 2.75) is 25.7 Å². The first-order chi connectivity index (χ1) is 13.1. The first kappa shape index (κ1) is 21.6. The largest absolute Gasteiger partial charge is 0.335 e. The topological polar surface area (TPSA) is 95.6 Å². The predicted octanol–water partition coefficient (Wildman–Crippen LogP) is 1.99. The van der Waals surface area contributed by atoms with Crippen LogP contribution in [0.25, 0.3) is 0 Å². The van der Waals surface area contributed by atoms with Crippen LogP contribution in [0.15, 0.2) is 47.4 Å². The monoisotopic (exact) mass is 403 g/mol. The second kappa shape index (κ2) is 8.99. The molecule has 0 heterocycles. The van der Waals surface area contributed by atoms with E-state index in [2.05, 4.69) is 10.0 Å². The summed E-state index contributed by atoms with van der Waals surface area (Å²) in [6.45, 7) is 5.04. The number of hydrogen-bond acceptors (Lipinski definition) is 4. The van der Waals surface area contributed by atoms with E-state index in [1.165, 1.54) is 18.0 Å². The fraction of sp³-hybridized carbons (Fsp3) is 0.300. The van der Waals surface area contributed by atoms with Gasteiger partial charge in [0.1, 0.15) is 0 Å². The fourth-order valence-corrected chi connectivity index (χ4v) is 3.46. The zero-order chi connectivity index (χ0) is 20.9. The Morgan fingerprint density at radius 2 is 1.61 bits per heavy atom. The Balaban J connectivity index is 1.89. The van der Waals surface area contributed by atoms with Crippen molar-refractivity contribution in [1.82, 2.24) is 9.62 Å². The van der Waals surface area contributed by atoms with Gasteiger partial charge in [0, 0.05) is 12.7 Å². The van der Waals surface area contributed by atoms with E-state index in [9.17, 15) is 18.0 Å². The highest BCUT2D eigenvalue weighted by molar-refractivity contribution is 7.89. The molecule has 2 aromatic carbocycles. The lowest BCUT2D eigenvalue weighted by Gasteiger charge is -2.17. The van der Waals surface area contributed by atoms with Gasteiger partial charge in [0.15, 0.2) is 0 Å². The molecular formula is C20H25N3O4S. The molecule has 0 atom stereocenters. The summed E-state index contributed by atoms with van der Waals surface area (Å²) in [5.41, 5.74) is 3.53. The lowest BCUT2D eigenvalue weighted by atomic mass is 10.1. The Hall–Kier alpha value is -2.71. The van der Waals surface area contributed by atoms with E-state index in [-0.39, 0.29) is 17.3 Å². The van der Waals surface area contributed by atoms with E-state index in [1.807, 2.05) is 32.9 Å². The van der Waals surface area contributed by atoms with Crippen molar-refractivity contribution in [3.63, 3.8) is 0 Å². The molecule has 0 aliphatic heterocycles. The van der Waals surface area contributed by atoms with Gasteiger partial charge in [-0.25, -0.2) is 13.1 Å². The Bertz CT molecular complexity index is 969. The van der Waals surface area contributed by atoms with Crippen LogP contribution in [0.2, 0.25) is 0 Å². The van der Waals surface area contributed by atoms with Gasteiger partial charge in [-0.2, -0.15) is 0 Å². The van der Waals surface area contributed by atoms with E-state index < -0.39 is 22.5 Å². The zero-order valence-corrected chi connectivity index (χ0v) is 17.3. The molecule has 0 unspecified atom stereocenters. The summed E-state index contributed by atoms with van der Waals surface area (Å²) in [5, 5.41) is 2.69. The van der Waals surface area contributed by atoms with Gasteiger partial charge >= 0.3 is 0 Å². The van der Waals surface area contributed by atoms with Crippen molar-refractivity contribution in [2.75, 3.05) is 25.5 Å². The van der Waals surface area contributed by atoms with Crippen LogP contribution in [0.1, 0.15) is 16.7 Å². The fourth-order valence-electron chi connectivity index (χ4n) is 2.40. The Labute approximate surface area is 165 Å². The lowest BCUT2D eigenvalue weighted by Crippen LogP contribution is -2.41. The van der Waals surface area contributed by atoms with Gasteiger partial charge in [-0.3, -0.25) is 9.59 Å². The minimum atomic E-state index is -3.81. The zero-order valence-electron chi connectivity index (χ0n) is 16.4. The molecule has 0 fully saturated rings. The molecule has 2 rings (SSSR count). The number of likely N-dealkylation sites (N-methyl/N-ethyl adjacent to an activating group) is 1. The molecule has 0 aliphatic carbocycles. The van der Waals surface area contributed by atoms with E-state index in [1.54, 1.807) is 24.3 Å². The number of nitrogens with zero attached hydrogens (tertiary/aromatic N) is 1. The number of hydrogen-bond donors (Lipinski definition) is 2. The predicted molar refractivity (Wildman–Crippen MR) is 109 cm³/mol. The number of sulfonamides is 1. The number of anilines is 1. The second-order valence-corrected chi connectivity index (χ2v) is 8.50. The molecule has 0 aliphatic rings. The quantitative estimate of drug-likeness (QED) is 0.739. The molecule has 2 aromatic rings. The maximum atomic E-state index is 12.4. The second-order valence-electron chi connectivity index (χ2n) is 6.73. The summed E-state index contributed by atoms with van der Waals surface area (Å²) in [6.07, 6.45) is 0. The van der Waals surface area contributed by atoms with Crippen molar-refractivity contribution in [2.24, 2.45) is 0 Å². The molecule has 2 amide bonds. The van der Waals surface area contributed by atoms with Crippen LogP contribution >= 0.6 is 0 Å². The van der Waals surface area contributed by atoms with Crippen LogP contribution in [0.3, 0.4) is 0 Å². The van der Waals surface area contributed by atoms with Crippen LogP contribution in [0, 0.1) is 20.8 Å². The van der Waals surface area contributed by atoms with Crippen LogP contribution in [-0.2, 0) is 19.6 Å². The van der Waals surface area contributed by atoms with Gasteiger partial charge < -0.3 is 10.2 Å². The molecule has 28 heavy (non-hydrogen) atoms. The summed E-state index contributed by atoms with van der Waals surface area (Å²) in [5.74, 6) is -0.872. The molecular weight excluding hydrogens is 378 g/mol. The minimum absolute atomic E-state index is 0.100. The molecule has 0 bridgehead atoms. The van der Waals surface area contributed by atoms with Gasteiger partial charge in [-0.15, -0.1) is 0 Å². The number of amides is 2. The summed E-state index contributed by atoms with van der Waals surface area (Å²) < 4.78 is 27.0. The third-order valence-electron chi connectivity index (χ3n) is 4.34. The molecule has 8 heteroatoms. The van der Waals surface area contributed by atoms with Gasteiger partial charge in [-0.05, 0) is 56.2 Å². The van der Waals surface area contributed by atoms with Crippen LogP contribution < -0.4 is 10.0 Å². The van der Waals surface area contributed by atoms with Crippen molar-refractivity contribution in [3.8, 4) is 0 Å². The molecule has 0 saturated heterocycles. The minimum Gasteiger partial charge on any atom is -0.335 e. The smallest absolute Gasteiger partial charge is 0.243 e. The molecule has 0 radical (unpaired) electrons. The third kappa shape index (κ3) is 5.90. The van der Waals surface area contributed by atoms with Gasteiger partial charge in [0.25, 0.3) is 0 Å². The van der Waals surface area contributed by atoms with Crippen molar-refractivity contribution >= 4 is 27.5 Å². The molecule has 0 spiro atoms. The first-order valence-electron chi connectivity index (χ1n) is 8.76. The first-order valence-corrected chi connectivity index (χ1v) is 10.2. The highest BCUT2D eigenvalue weighted by Gasteiger charge is 2.19. The molecule has 2 N–H and O–H groups in total. The SMILES string of the molecule is Cc1ccc(NC(=O)CN(C)C(=O)CNS(=O)(=O)c2ccc(C)c(C)c2)cc1. The van der Waals surface area contributed by atoms with Gasteiger partial charge in [0.05, 0.1) is 18.0 Å². The molecule has 7 nitrogen and oxygen atoms in total. The van der Waals surface area contributed by atoms with E-state index in [4.69, 9.17) is 0 Å². The summed E-state index contributed by atoms with van der Waals surface area (Å²) in [7, 11) is -2.36. The van der Waals surface area contributed by atoms with Crippen LogP contribution in [-0.4, -0.2) is 45.3 Å². The average molecular weight is 404 g/mol. The summed E-state index contributed by atoms with van der Waals surface area (Å²) in [6, 6.07) is 12.0. The summed E-state index contributed by atoms with van der Waals surface area (Å²) in [4.78, 5) is 25.5.